The molecule has 0 aromatic carbocycles. The molecule has 0 radical (unpaired) electrons. The number of nitrogens with zero attached hydrogens (tertiary/aromatic N) is 2. The lowest BCUT2D eigenvalue weighted by Gasteiger charge is -2.39. The lowest BCUT2D eigenvalue weighted by molar-refractivity contribution is -0.123. The molecular formula is C13H26N4O. The first-order valence-corrected chi connectivity index (χ1v) is 6.91. The van der Waals surface area contributed by atoms with Gasteiger partial charge < -0.3 is 16.4 Å². The van der Waals surface area contributed by atoms with Crippen molar-refractivity contribution in [2.24, 2.45) is 11.5 Å². The monoisotopic (exact) mass is 254 g/mol. The van der Waals surface area contributed by atoms with Crippen LogP contribution in [0.5, 0.6) is 0 Å². The van der Waals surface area contributed by atoms with Crippen LogP contribution in [0.4, 0.5) is 0 Å². The van der Waals surface area contributed by atoms with Gasteiger partial charge in [-0.25, -0.2) is 0 Å². The van der Waals surface area contributed by atoms with Gasteiger partial charge in [0.15, 0.2) is 0 Å². The summed E-state index contributed by atoms with van der Waals surface area (Å²) >= 11 is 0. The minimum Gasteiger partial charge on any atom is -0.368 e. The van der Waals surface area contributed by atoms with Crippen molar-refractivity contribution in [3.8, 4) is 0 Å². The smallest absolute Gasteiger partial charge is 0.237 e. The lowest BCUT2D eigenvalue weighted by atomic mass is 9.97. The average Bonchev–Trinajstić information content (AvgIpc) is 2.72. The Morgan fingerprint density at radius 3 is 2.67 bits per heavy atom. The molecule has 1 aliphatic heterocycles. The van der Waals surface area contributed by atoms with E-state index >= 15 is 0 Å². The molecule has 0 bridgehead atoms. The minimum atomic E-state index is -0.778. The average molecular weight is 254 g/mol. The molecule has 2 fully saturated rings. The van der Waals surface area contributed by atoms with Crippen molar-refractivity contribution in [3.05, 3.63) is 0 Å². The maximum absolute atomic E-state index is 11.4. The quantitative estimate of drug-likeness (QED) is 0.728. The molecule has 1 saturated carbocycles. The lowest BCUT2D eigenvalue weighted by Crippen LogP contribution is -2.52. The van der Waals surface area contributed by atoms with E-state index in [1.54, 1.807) is 0 Å². The van der Waals surface area contributed by atoms with Crippen LogP contribution in [-0.4, -0.2) is 60.5 Å². The molecule has 2 rings (SSSR count). The number of rotatable bonds is 3. The first-order valence-electron chi connectivity index (χ1n) is 6.91. The highest BCUT2D eigenvalue weighted by molar-refractivity contribution is 5.84. The number of likely N-dealkylation sites (N-methyl/N-ethyl adjacent to an activating group) is 2. The highest BCUT2D eigenvalue weighted by Gasteiger charge is 2.43. The van der Waals surface area contributed by atoms with Gasteiger partial charge in [-0.15, -0.1) is 0 Å². The first-order chi connectivity index (χ1) is 8.42. The largest absolute Gasteiger partial charge is 0.368 e. The van der Waals surface area contributed by atoms with Crippen molar-refractivity contribution in [1.29, 1.82) is 0 Å². The van der Waals surface area contributed by atoms with Crippen molar-refractivity contribution in [2.45, 2.75) is 49.7 Å². The van der Waals surface area contributed by atoms with Crippen LogP contribution >= 0.6 is 0 Å². The van der Waals surface area contributed by atoms with Gasteiger partial charge in [0.25, 0.3) is 0 Å². The predicted molar refractivity (Wildman–Crippen MR) is 72.0 cm³/mol. The molecule has 0 aromatic rings. The summed E-state index contributed by atoms with van der Waals surface area (Å²) in [6.07, 6.45) is 4.91. The fourth-order valence-electron chi connectivity index (χ4n) is 3.39. The molecule has 0 aromatic heterocycles. The van der Waals surface area contributed by atoms with Crippen LogP contribution in [0, 0.1) is 0 Å². The molecule has 3 atom stereocenters. The van der Waals surface area contributed by atoms with E-state index in [2.05, 4.69) is 23.9 Å². The van der Waals surface area contributed by atoms with E-state index in [1.165, 1.54) is 19.4 Å². The molecular weight excluding hydrogens is 228 g/mol. The number of amides is 1. The zero-order valence-electron chi connectivity index (χ0n) is 11.6. The Hall–Kier alpha value is -0.650. The second-order valence-corrected chi connectivity index (χ2v) is 6.14. The van der Waals surface area contributed by atoms with Crippen LogP contribution < -0.4 is 11.5 Å². The molecule has 1 aliphatic carbocycles. The summed E-state index contributed by atoms with van der Waals surface area (Å²) in [5.74, 6) is -0.348. The molecule has 104 valence electrons. The summed E-state index contributed by atoms with van der Waals surface area (Å²) in [5, 5.41) is 0. The maximum Gasteiger partial charge on any atom is 0.237 e. The summed E-state index contributed by atoms with van der Waals surface area (Å²) in [7, 11) is 4.34. The molecule has 4 N–H and O–H groups in total. The van der Waals surface area contributed by atoms with E-state index in [-0.39, 0.29) is 5.91 Å². The molecule has 2 aliphatic rings. The third kappa shape index (κ3) is 2.68. The number of carbonyl (C=O) groups is 1. The molecule has 5 heteroatoms. The Morgan fingerprint density at radius 1 is 1.39 bits per heavy atom. The highest BCUT2D eigenvalue weighted by Crippen LogP contribution is 2.32. The Morgan fingerprint density at radius 2 is 2.11 bits per heavy atom. The van der Waals surface area contributed by atoms with Gasteiger partial charge in [0.05, 0.1) is 5.54 Å². The Kier molecular flexibility index (Phi) is 3.94. The number of nitrogens with two attached hydrogens (primary N) is 2. The van der Waals surface area contributed by atoms with Crippen LogP contribution in [0.3, 0.4) is 0 Å². The zero-order chi connectivity index (χ0) is 13.3. The third-order valence-electron chi connectivity index (χ3n) is 4.77. The summed E-state index contributed by atoms with van der Waals surface area (Å²) in [6, 6.07) is 0.989. The Balaban J connectivity index is 1.94. The Labute approximate surface area is 109 Å². The van der Waals surface area contributed by atoms with Crippen LogP contribution in [0.1, 0.15) is 32.1 Å². The number of carbonyl (C=O) groups excluding carboxylic acids is 1. The summed E-state index contributed by atoms with van der Waals surface area (Å²) in [5.41, 5.74) is 10.7. The van der Waals surface area contributed by atoms with Crippen molar-refractivity contribution in [2.75, 3.05) is 27.2 Å². The standard InChI is InChI=1S/C13H26N4O/c1-16-7-3-4-11(9-16)17(2)10-5-6-13(15,8-10)12(14)18/h10-11H,3-9,15H2,1-2H3,(H2,14,18). The first kappa shape index (κ1) is 13.8. The van der Waals surface area contributed by atoms with Gasteiger partial charge in [0, 0.05) is 18.6 Å². The van der Waals surface area contributed by atoms with Gasteiger partial charge >= 0.3 is 0 Å². The minimum absolute atomic E-state index is 0.348. The summed E-state index contributed by atoms with van der Waals surface area (Å²) in [6.45, 7) is 2.30. The predicted octanol–water partition coefficient (Wildman–Crippen LogP) is -0.252. The van der Waals surface area contributed by atoms with Crippen molar-refractivity contribution >= 4 is 5.91 Å². The number of primary amides is 1. The van der Waals surface area contributed by atoms with Crippen molar-refractivity contribution in [3.63, 3.8) is 0 Å². The summed E-state index contributed by atoms with van der Waals surface area (Å²) < 4.78 is 0. The number of piperidine rings is 1. The van der Waals surface area contributed by atoms with Crippen LogP contribution in [0.2, 0.25) is 0 Å². The van der Waals surface area contributed by atoms with Gasteiger partial charge in [0.1, 0.15) is 0 Å². The molecule has 1 heterocycles. The van der Waals surface area contributed by atoms with Gasteiger partial charge in [-0.2, -0.15) is 0 Å². The fourth-order valence-corrected chi connectivity index (χ4v) is 3.39. The van der Waals surface area contributed by atoms with Gasteiger partial charge in [-0.05, 0) is 52.7 Å². The van der Waals surface area contributed by atoms with E-state index in [0.29, 0.717) is 18.5 Å². The third-order valence-corrected chi connectivity index (χ3v) is 4.77. The zero-order valence-corrected chi connectivity index (χ0v) is 11.6. The number of hydrogen-bond acceptors (Lipinski definition) is 4. The van der Waals surface area contributed by atoms with E-state index in [0.717, 1.165) is 19.4 Å². The van der Waals surface area contributed by atoms with Crippen LogP contribution in [0.15, 0.2) is 0 Å². The normalized spacial score (nSPS) is 38.2. The molecule has 0 spiro atoms. The maximum atomic E-state index is 11.4. The molecule has 1 amide bonds. The van der Waals surface area contributed by atoms with Crippen molar-refractivity contribution in [1.82, 2.24) is 9.80 Å². The molecule has 18 heavy (non-hydrogen) atoms. The van der Waals surface area contributed by atoms with Crippen molar-refractivity contribution < 1.29 is 4.79 Å². The fraction of sp³-hybridized carbons (Fsp3) is 0.923. The SMILES string of the molecule is CN1CCCC(N(C)C2CCC(N)(C(N)=O)C2)C1. The van der Waals surface area contributed by atoms with Crippen LogP contribution in [-0.2, 0) is 4.79 Å². The van der Waals surface area contributed by atoms with Crippen LogP contribution in [0.25, 0.3) is 0 Å². The number of likely N-dealkylation sites (tertiary alicyclic amines) is 1. The van der Waals surface area contributed by atoms with E-state index in [4.69, 9.17) is 11.5 Å². The molecule has 5 nitrogen and oxygen atoms in total. The second-order valence-electron chi connectivity index (χ2n) is 6.14. The topological polar surface area (TPSA) is 75.6 Å². The van der Waals surface area contributed by atoms with Gasteiger partial charge in [-0.3, -0.25) is 9.69 Å². The second kappa shape index (κ2) is 5.15. The summed E-state index contributed by atoms with van der Waals surface area (Å²) in [4.78, 5) is 16.2. The van der Waals surface area contributed by atoms with Gasteiger partial charge in [-0.1, -0.05) is 0 Å². The highest BCUT2D eigenvalue weighted by atomic mass is 16.1. The van der Waals surface area contributed by atoms with Gasteiger partial charge in [0.2, 0.25) is 5.91 Å². The molecule has 1 saturated heterocycles. The number of hydrogen-bond donors (Lipinski definition) is 2. The molecule has 3 unspecified atom stereocenters. The van der Waals surface area contributed by atoms with E-state index in [1.807, 2.05) is 0 Å². The van der Waals surface area contributed by atoms with E-state index < -0.39 is 5.54 Å². The Bertz CT molecular complexity index is 322. The van der Waals surface area contributed by atoms with E-state index in [9.17, 15) is 4.79 Å².